The van der Waals surface area contributed by atoms with Gasteiger partial charge >= 0.3 is 17.9 Å². The Morgan fingerprint density at radius 3 is 1.76 bits per heavy atom. The Balaban J connectivity index is 0.000000230. The van der Waals surface area contributed by atoms with E-state index in [1.165, 1.54) is 20.3 Å². The van der Waals surface area contributed by atoms with Crippen molar-refractivity contribution in [2.75, 3.05) is 14.2 Å². The first-order valence-electron chi connectivity index (χ1n) is 11.8. The maximum atomic E-state index is 12.0. The molecule has 0 aromatic heterocycles. The Labute approximate surface area is 230 Å². The summed E-state index contributed by atoms with van der Waals surface area (Å²) in [6, 6.07) is 22.6. The molecule has 0 fully saturated rings. The maximum Gasteiger partial charge on any atom is 0.338 e. The number of benzene rings is 4. The lowest BCUT2D eigenvalue weighted by Gasteiger charge is -2.17. The molecule has 0 heterocycles. The second kappa shape index (κ2) is 12.5. The first-order chi connectivity index (χ1) is 18.0. The third-order valence-electron chi connectivity index (χ3n) is 5.34. The highest BCUT2D eigenvalue weighted by Gasteiger charge is 2.15. The molecule has 0 radical (unpaired) electrons. The van der Waals surface area contributed by atoms with Gasteiger partial charge in [-0.05, 0) is 78.2 Å². The molecule has 196 valence electrons. The molecule has 7 heteroatoms. The van der Waals surface area contributed by atoms with E-state index < -0.39 is 17.5 Å². The van der Waals surface area contributed by atoms with E-state index in [4.69, 9.17) is 14.2 Å². The number of methoxy groups -OCH3 is 2. The second-order valence-electron chi connectivity index (χ2n) is 9.31. The van der Waals surface area contributed by atoms with Gasteiger partial charge in [0.05, 0.1) is 25.3 Å². The van der Waals surface area contributed by atoms with E-state index >= 15 is 0 Å². The summed E-state index contributed by atoms with van der Waals surface area (Å²) in [7, 11) is 2.73. The summed E-state index contributed by atoms with van der Waals surface area (Å²) in [5.41, 5.74) is 1.24. The Kier molecular flexibility index (Phi) is 9.42. The highest BCUT2D eigenvalue weighted by molar-refractivity contribution is 9.10. The summed E-state index contributed by atoms with van der Waals surface area (Å²) in [4.78, 5) is 35.3. The molecule has 0 aliphatic carbocycles. The third kappa shape index (κ3) is 7.52. The van der Waals surface area contributed by atoms with Crippen LogP contribution < -0.4 is 0 Å². The van der Waals surface area contributed by atoms with Crippen LogP contribution in [-0.2, 0) is 19.0 Å². The SMILES string of the molecule is COC(=O)c1cc(/C=C/C(=O)OC(C)(C)C)cc2ccccc12.COC(=O)c1cc(Br)cc2ccccc12. The van der Waals surface area contributed by atoms with Gasteiger partial charge in [0.1, 0.15) is 5.60 Å². The number of ether oxygens (including phenoxy) is 3. The molecule has 0 atom stereocenters. The Morgan fingerprint density at radius 1 is 0.737 bits per heavy atom. The van der Waals surface area contributed by atoms with Crippen LogP contribution >= 0.6 is 15.9 Å². The van der Waals surface area contributed by atoms with Crippen molar-refractivity contribution in [2.24, 2.45) is 0 Å². The van der Waals surface area contributed by atoms with Crippen molar-refractivity contribution in [1.29, 1.82) is 0 Å². The number of hydrogen-bond acceptors (Lipinski definition) is 6. The van der Waals surface area contributed by atoms with Crippen molar-refractivity contribution >= 4 is 61.5 Å². The molecule has 6 nitrogen and oxygen atoms in total. The molecule has 0 unspecified atom stereocenters. The van der Waals surface area contributed by atoms with E-state index in [0.717, 1.165) is 31.6 Å². The first kappa shape index (κ1) is 28.6. The average Bonchev–Trinajstić information content (AvgIpc) is 2.89. The monoisotopic (exact) mass is 576 g/mol. The van der Waals surface area contributed by atoms with Gasteiger partial charge in [0, 0.05) is 10.5 Å². The van der Waals surface area contributed by atoms with E-state index in [1.807, 2.05) is 81.4 Å². The molecule has 4 aromatic rings. The van der Waals surface area contributed by atoms with Gasteiger partial charge in [-0.15, -0.1) is 0 Å². The summed E-state index contributed by atoms with van der Waals surface area (Å²) in [6.45, 7) is 5.43. The summed E-state index contributed by atoms with van der Waals surface area (Å²) >= 11 is 3.37. The topological polar surface area (TPSA) is 78.9 Å². The zero-order valence-corrected chi connectivity index (χ0v) is 23.5. The van der Waals surface area contributed by atoms with E-state index in [9.17, 15) is 14.4 Å². The molecular formula is C31H29BrO6. The van der Waals surface area contributed by atoms with Crippen LogP contribution in [0.2, 0.25) is 0 Å². The van der Waals surface area contributed by atoms with Gasteiger partial charge in [-0.3, -0.25) is 0 Å². The number of fused-ring (bicyclic) bond motifs is 2. The fraction of sp³-hybridized carbons (Fsp3) is 0.194. The quantitative estimate of drug-likeness (QED) is 0.143. The van der Waals surface area contributed by atoms with Crippen LogP contribution in [0.15, 0.2) is 83.3 Å². The van der Waals surface area contributed by atoms with E-state index in [1.54, 1.807) is 18.2 Å². The molecule has 0 spiro atoms. The number of hydrogen-bond donors (Lipinski definition) is 0. The Morgan fingerprint density at radius 2 is 1.24 bits per heavy atom. The number of esters is 3. The van der Waals surface area contributed by atoms with Crippen molar-refractivity contribution in [2.45, 2.75) is 26.4 Å². The third-order valence-corrected chi connectivity index (χ3v) is 5.80. The van der Waals surface area contributed by atoms with Crippen molar-refractivity contribution in [3.8, 4) is 0 Å². The zero-order valence-electron chi connectivity index (χ0n) is 21.9. The van der Waals surface area contributed by atoms with Crippen LogP contribution in [0, 0.1) is 0 Å². The largest absolute Gasteiger partial charge is 0.465 e. The number of rotatable bonds is 4. The first-order valence-corrected chi connectivity index (χ1v) is 12.6. The summed E-state index contributed by atoms with van der Waals surface area (Å²) in [5, 5.41) is 3.65. The van der Waals surface area contributed by atoms with E-state index in [0.29, 0.717) is 11.1 Å². The van der Waals surface area contributed by atoms with Crippen LogP contribution in [0.5, 0.6) is 0 Å². The second-order valence-corrected chi connectivity index (χ2v) is 10.2. The average molecular weight is 577 g/mol. The summed E-state index contributed by atoms with van der Waals surface area (Å²) in [6.07, 6.45) is 2.99. The van der Waals surface area contributed by atoms with Crippen LogP contribution in [0.1, 0.15) is 47.1 Å². The van der Waals surface area contributed by atoms with Crippen molar-refractivity contribution in [3.05, 3.63) is 100 Å². The minimum Gasteiger partial charge on any atom is -0.465 e. The molecule has 4 aromatic carbocycles. The fourth-order valence-corrected chi connectivity index (χ4v) is 4.24. The normalized spacial score (nSPS) is 11.1. The van der Waals surface area contributed by atoms with Crippen LogP contribution in [0.3, 0.4) is 0 Å². The number of carbonyl (C=O) groups is 3. The lowest BCUT2D eigenvalue weighted by atomic mass is 10.0. The minimum atomic E-state index is -0.540. The highest BCUT2D eigenvalue weighted by Crippen LogP contribution is 2.25. The molecule has 0 aliphatic rings. The van der Waals surface area contributed by atoms with E-state index in [2.05, 4.69) is 15.9 Å². The molecule has 0 aliphatic heterocycles. The molecule has 0 amide bonds. The lowest BCUT2D eigenvalue weighted by Crippen LogP contribution is -2.22. The molecule has 0 saturated heterocycles. The zero-order chi connectivity index (χ0) is 27.9. The summed E-state index contributed by atoms with van der Waals surface area (Å²) < 4.78 is 15.7. The Bertz CT molecular complexity index is 1510. The molecule has 0 bridgehead atoms. The standard InChI is InChI=1S/C19H20O4.C12H9BrO2/c1-19(2,3)23-17(20)10-9-13-11-14-7-5-6-8-15(14)16(12-13)18(21)22-4;1-15-12(14)11-7-9(13)6-8-4-2-3-5-10(8)11/h5-12H,1-4H3;2-7H,1H3/b10-9+;. The predicted octanol–water partition coefficient (Wildman–Crippen LogP) is 7.37. The summed E-state index contributed by atoms with van der Waals surface area (Å²) in [5.74, 6) is -1.15. The maximum absolute atomic E-state index is 12.0. The number of halogens is 1. The smallest absolute Gasteiger partial charge is 0.338 e. The fourth-order valence-electron chi connectivity index (χ4n) is 3.76. The lowest BCUT2D eigenvalue weighted by molar-refractivity contribution is -0.148. The van der Waals surface area contributed by atoms with Gasteiger partial charge < -0.3 is 14.2 Å². The van der Waals surface area contributed by atoms with Crippen molar-refractivity contribution in [1.82, 2.24) is 0 Å². The van der Waals surface area contributed by atoms with Gasteiger partial charge in [0.15, 0.2) is 0 Å². The minimum absolute atomic E-state index is 0.312. The van der Waals surface area contributed by atoms with Crippen LogP contribution in [0.25, 0.3) is 27.6 Å². The van der Waals surface area contributed by atoms with Crippen molar-refractivity contribution < 1.29 is 28.6 Å². The van der Waals surface area contributed by atoms with Gasteiger partial charge in [-0.1, -0.05) is 64.5 Å². The number of carbonyl (C=O) groups excluding carboxylic acids is 3. The predicted molar refractivity (Wildman–Crippen MR) is 153 cm³/mol. The van der Waals surface area contributed by atoms with Gasteiger partial charge in [-0.25, -0.2) is 14.4 Å². The van der Waals surface area contributed by atoms with Crippen LogP contribution in [0.4, 0.5) is 0 Å². The Hall–Kier alpha value is -3.97. The highest BCUT2D eigenvalue weighted by atomic mass is 79.9. The van der Waals surface area contributed by atoms with Crippen molar-refractivity contribution in [3.63, 3.8) is 0 Å². The molecule has 38 heavy (non-hydrogen) atoms. The van der Waals surface area contributed by atoms with Crippen LogP contribution in [-0.4, -0.2) is 37.7 Å². The van der Waals surface area contributed by atoms with E-state index in [-0.39, 0.29) is 5.97 Å². The van der Waals surface area contributed by atoms with Gasteiger partial charge in [0.2, 0.25) is 0 Å². The molecule has 0 N–H and O–H groups in total. The van der Waals surface area contributed by atoms with Gasteiger partial charge in [0.25, 0.3) is 0 Å². The molecular weight excluding hydrogens is 548 g/mol. The van der Waals surface area contributed by atoms with Gasteiger partial charge in [-0.2, -0.15) is 0 Å². The molecule has 4 rings (SSSR count). The molecule has 0 saturated carbocycles.